The molecule has 1 unspecified atom stereocenters. The number of aliphatic hydroxyl groups excluding tert-OH is 1. The van der Waals surface area contributed by atoms with Crippen LogP contribution in [-0.4, -0.2) is 73.8 Å². The molecule has 2 N–H and O–H groups in total. The van der Waals surface area contributed by atoms with Crippen LogP contribution < -0.4 is 4.72 Å². The van der Waals surface area contributed by atoms with Crippen molar-refractivity contribution >= 4 is 15.9 Å². The summed E-state index contributed by atoms with van der Waals surface area (Å²) in [4.78, 5) is 17.2. The van der Waals surface area contributed by atoms with Crippen molar-refractivity contribution in [2.24, 2.45) is 0 Å². The highest BCUT2D eigenvalue weighted by atomic mass is 32.2. The lowest BCUT2D eigenvalue weighted by atomic mass is 10.00. The Labute approximate surface area is 167 Å². The zero-order chi connectivity index (χ0) is 20.1. The second-order valence-electron chi connectivity index (χ2n) is 8.03. The van der Waals surface area contributed by atoms with E-state index in [0.29, 0.717) is 13.0 Å². The molecule has 28 heavy (non-hydrogen) atoms. The van der Waals surface area contributed by atoms with Crippen LogP contribution in [0.1, 0.15) is 36.8 Å². The molecule has 2 aliphatic heterocycles. The van der Waals surface area contributed by atoms with Gasteiger partial charge in [0.25, 0.3) is 0 Å². The van der Waals surface area contributed by atoms with E-state index in [1.807, 2.05) is 29.2 Å². The maximum absolute atomic E-state index is 12.9. The standard InChI is InChI=1S/C20H31N3O4S/c1-28(26,27)21-13-17-7-5-16(6-8-17)12-20(25)23-10-3-2-4-18(23)14-22-11-9-19(24)15-22/h5-8,18-19,21,24H,2-4,9-15H2,1H3/t18-,19?/m0/s1. The fraction of sp³-hybridized carbons (Fsp3) is 0.650. The van der Waals surface area contributed by atoms with E-state index in [2.05, 4.69) is 9.62 Å². The number of likely N-dealkylation sites (tertiary alicyclic amines) is 2. The van der Waals surface area contributed by atoms with Gasteiger partial charge in [-0.05, 0) is 36.8 Å². The number of β-amino-alcohol motifs (C(OH)–C–C–N with tert-alkyl or cyclic N) is 1. The van der Waals surface area contributed by atoms with E-state index in [4.69, 9.17) is 0 Å². The third-order valence-corrected chi connectivity index (χ3v) is 6.25. The van der Waals surface area contributed by atoms with Crippen molar-refractivity contribution in [2.45, 2.75) is 50.8 Å². The van der Waals surface area contributed by atoms with E-state index < -0.39 is 10.0 Å². The molecule has 7 nitrogen and oxygen atoms in total. The zero-order valence-electron chi connectivity index (χ0n) is 16.5. The molecule has 2 saturated heterocycles. The number of piperidine rings is 1. The number of carbonyl (C=O) groups is 1. The van der Waals surface area contributed by atoms with Gasteiger partial charge in [0, 0.05) is 38.8 Å². The van der Waals surface area contributed by atoms with Gasteiger partial charge in [-0.2, -0.15) is 0 Å². The fourth-order valence-corrected chi connectivity index (χ4v) is 4.49. The molecule has 0 saturated carbocycles. The number of amides is 1. The Morgan fingerprint density at radius 2 is 1.86 bits per heavy atom. The molecule has 2 heterocycles. The lowest BCUT2D eigenvalue weighted by Gasteiger charge is -2.38. The number of benzene rings is 1. The van der Waals surface area contributed by atoms with Gasteiger partial charge in [-0.15, -0.1) is 0 Å². The van der Waals surface area contributed by atoms with Crippen molar-refractivity contribution in [3.63, 3.8) is 0 Å². The van der Waals surface area contributed by atoms with Crippen LogP contribution in [-0.2, 0) is 27.8 Å². The highest BCUT2D eigenvalue weighted by molar-refractivity contribution is 7.88. The summed E-state index contributed by atoms with van der Waals surface area (Å²) in [5.41, 5.74) is 1.80. The molecule has 0 bridgehead atoms. The molecular formula is C20H31N3O4S. The number of hydrogen-bond acceptors (Lipinski definition) is 5. The van der Waals surface area contributed by atoms with Gasteiger partial charge < -0.3 is 10.0 Å². The number of rotatable bonds is 7. The first-order valence-corrected chi connectivity index (χ1v) is 11.9. The first kappa shape index (κ1) is 21.2. The van der Waals surface area contributed by atoms with Gasteiger partial charge in [-0.25, -0.2) is 13.1 Å². The Bertz CT molecular complexity index is 766. The first-order chi connectivity index (χ1) is 13.3. The van der Waals surface area contributed by atoms with E-state index in [9.17, 15) is 18.3 Å². The topological polar surface area (TPSA) is 90.0 Å². The van der Waals surface area contributed by atoms with Crippen molar-refractivity contribution in [1.29, 1.82) is 0 Å². The van der Waals surface area contributed by atoms with Gasteiger partial charge in [0.15, 0.2) is 0 Å². The van der Waals surface area contributed by atoms with Crippen molar-refractivity contribution < 1.29 is 18.3 Å². The van der Waals surface area contributed by atoms with E-state index in [0.717, 1.165) is 62.7 Å². The minimum absolute atomic E-state index is 0.145. The maximum Gasteiger partial charge on any atom is 0.227 e. The number of sulfonamides is 1. The second-order valence-corrected chi connectivity index (χ2v) is 9.86. The minimum atomic E-state index is -3.22. The van der Waals surface area contributed by atoms with Gasteiger partial charge in [0.2, 0.25) is 15.9 Å². The highest BCUT2D eigenvalue weighted by Crippen LogP contribution is 2.21. The lowest BCUT2D eigenvalue weighted by Crippen LogP contribution is -2.49. The normalized spacial score (nSPS) is 23.9. The average Bonchev–Trinajstić information content (AvgIpc) is 3.05. The summed E-state index contributed by atoms with van der Waals surface area (Å²) in [6.07, 6.45) is 5.30. The lowest BCUT2D eigenvalue weighted by molar-refractivity contribution is -0.134. The molecule has 1 amide bonds. The number of nitrogens with zero attached hydrogens (tertiary/aromatic N) is 2. The summed E-state index contributed by atoms with van der Waals surface area (Å²) in [6, 6.07) is 7.74. The molecule has 0 spiro atoms. The van der Waals surface area contributed by atoms with Crippen LogP contribution in [0.25, 0.3) is 0 Å². The summed E-state index contributed by atoms with van der Waals surface area (Å²) in [5, 5.41) is 9.74. The van der Waals surface area contributed by atoms with Crippen LogP contribution in [0.4, 0.5) is 0 Å². The van der Waals surface area contributed by atoms with Gasteiger partial charge in [0.1, 0.15) is 0 Å². The predicted octanol–water partition coefficient (Wildman–Crippen LogP) is 0.726. The Balaban J connectivity index is 1.56. The molecule has 1 aromatic rings. The van der Waals surface area contributed by atoms with E-state index in [1.54, 1.807) is 0 Å². The molecule has 8 heteroatoms. The number of carbonyl (C=O) groups excluding carboxylic acids is 1. The van der Waals surface area contributed by atoms with Gasteiger partial charge >= 0.3 is 0 Å². The molecule has 2 atom stereocenters. The quantitative estimate of drug-likeness (QED) is 0.693. The summed E-state index contributed by atoms with van der Waals surface area (Å²) >= 11 is 0. The molecule has 0 aliphatic carbocycles. The van der Waals surface area contributed by atoms with Crippen LogP contribution in [0.2, 0.25) is 0 Å². The third-order valence-electron chi connectivity index (χ3n) is 5.58. The van der Waals surface area contributed by atoms with Crippen LogP contribution in [0.3, 0.4) is 0 Å². The first-order valence-electron chi connectivity index (χ1n) is 10.0. The Hall–Kier alpha value is -1.48. The largest absolute Gasteiger partial charge is 0.392 e. The highest BCUT2D eigenvalue weighted by Gasteiger charge is 2.30. The molecule has 1 aromatic carbocycles. The van der Waals surface area contributed by atoms with Crippen molar-refractivity contribution in [1.82, 2.24) is 14.5 Å². The van der Waals surface area contributed by atoms with E-state index in [1.165, 1.54) is 0 Å². The minimum Gasteiger partial charge on any atom is -0.392 e. The Morgan fingerprint density at radius 3 is 2.50 bits per heavy atom. The molecule has 2 aliphatic rings. The SMILES string of the molecule is CS(=O)(=O)NCc1ccc(CC(=O)N2CCCC[C@H]2CN2CCC(O)C2)cc1. The molecule has 3 rings (SSSR count). The van der Waals surface area contributed by atoms with Crippen LogP contribution in [0.5, 0.6) is 0 Å². The Morgan fingerprint density at radius 1 is 1.14 bits per heavy atom. The van der Waals surface area contributed by atoms with E-state index >= 15 is 0 Å². The monoisotopic (exact) mass is 409 g/mol. The number of hydrogen-bond donors (Lipinski definition) is 2. The molecule has 2 fully saturated rings. The molecule has 156 valence electrons. The Kier molecular flexibility index (Phi) is 7.09. The molecule has 0 radical (unpaired) electrons. The maximum atomic E-state index is 12.9. The fourth-order valence-electron chi connectivity index (χ4n) is 4.06. The van der Waals surface area contributed by atoms with E-state index in [-0.39, 0.29) is 24.6 Å². The van der Waals surface area contributed by atoms with Crippen LogP contribution >= 0.6 is 0 Å². The third kappa shape index (κ3) is 6.27. The zero-order valence-corrected chi connectivity index (χ0v) is 17.3. The summed E-state index contributed by atoms with van der Waals surface area (Å²) in [5.74, 6) is 0.145. The average molecular weight is 410 g/mol. The molecule has 0 aromatic heterocycles. The van der Waals surface area contributed by atoms with Crippen molar-refractivity contribution in [3.8, 4) is 0 Å². The second kappa shape index (κ2) is 9.35. The number of aliphatic hydroxyl groups is 1. The van der Waals surface area contributed by atoms with Crippen molar-refractivity contribution in [3.05, 3.63) is 35.4 Å². The smallest absolute Gasteiger partial charge is 0.227 e. The summed E-state index contributed by atoms with van der Waals surface area (Å²) < 4.78 is 24.8. The summed E-state index contributed by atoms with van der Waals surface area (Å²) in [7, 11) is -3.22. The number of nitrogens with one attached hydrogen (secondary N) is 1. The summed E-state index contributed by atoms with van der Waals surface area (Å²) in [6.45, 7) is 3.52. The van der Waals surface area contributed by atoms with Gasteiger partial charge in [0.05, 0.1) is 18.8 Å². The van der Waals surface area contributed by atoms with Crippen LogP contribution in [0, 0.1) is 0 Å². The van der Waals surface area contributed by atoms with Gasteiger partial charge in [-0.3, -0.25) is 9.69 Å². The van der Waals surface area contributed by atoms with Crippen LogP contribution in [0.15, 0.2) is 24.3 Å². The van der Waals surface area contributed by atoms with Gasteiger partial charge in [-0.1, -0.05) is 24.3 Å². The molecular weight excluding hydrogens is 378 g/mol. The van der Waals surface area contributed by atoms with Crippen molar-refractivity contribution in [2.75, 3.05) is 32.4 Å². The predicted molar refractivity (Wildman–Crippen MR) is 108 cm³/mol.